The lowest BCUT2D eigenvalue weighted by molar-refractivity contribution is 0.252. The van der Waals surface area contributed by atoms with Gasteiger partial charge in [-0.1, -0.05) is 18.2 Å². The van der Waals surface area contributed by atoms with Crippen LogP contribution in [0.4, 0.5) is 4.79 Å². The van der Waals surface area contributed by atoms with Crippen LogP contribution in [0.3, 0.4) is 0 Å². The van der Waals surface area contributed by atoms with E-state index in [-0.39, 0.29) is 16.5 Å². The number of benzene rings is 1. The summed E-state index contributed by atoms with van der Waals surface area (Å²) < 4.78 is 23.7. The molecule has 78 valence electrons. The fourth-order valence-electron chi connectivity index (χ4n) is 1.23. The van der Waals surface area contributed by atoms with E-state index in [9.17, 15) is 13.2 Å². The van der Waals surface area contributed by atoms with Gasteiger partial charge in [-0.05, 0) is 12.1 Å². The first-order chi connectivity index (χ1) is 7.10. The van der Waals surface area contributed by atoms with Gasteiger partial charge in [0.15, 0.2) is 5.04 Å². The highest BCUT2D eigenvalue weighted by Crippen LogP contribution is 2.13. The Morgan fingerprint density at radius 3 is 2.40 bits per heavy atom. The van der Waals surface area contributed by atoms with E-state index in [0.29, 0.717) is 0 Å². The Bertz CT molecular complexity index is 520. The molecule has 15 heavy (non-hydrogen) atoms. The van der Waals surface area contributed by atoms with E-state index in [1.807, 2.05) is 0 Å². The van der Waals surface area contributed by atoms with Crippen LogP contribution in [-0.4, -0.2) is 26.0 Å². The van der Waals surface area contributed by atoms with Gasteiger partial charge in [0, 0.05) is 0 Å². The van der Waals surface area contributed by atoms with Gasteiger partial charge in [-0.3, -0.25) is 0 Å². The van der Waals surface area contributed by atoms with Crippen LogP contribution < -0.4 is 5.32 Å². The molecule has 0 saturated carbocycles. The third-order valence-electron chi connectivity index (χ3n) is 1.98. The Hall–Kier alpha value is -1.69. The number of nitrogens with one attached hydrogen (secondary N) is 1. The SMILES string of the molecule is O=C1N=C(S(=O)(=O)c2ccccc2)CN1. The second-order valence-corrected chi connectivity index (χ2v) is 4.93. The third kappa shape index (κ3) is 1.75. The Labute approximate surface area is 86.8 Å². The van der Waals surface area contributed by atoms with Crippen LogP contribution in [0.15, 0.2) is 40.2 Å². The number of hydrogen-bond donors (Lipinski definition) is 1. The molecule has 0 bridgehead atoms. The van der Waals surface area contributed by atoms with Crippen molar-refractivity contribution in [2.24, 2.45) is 4.99 Å². The van der Waals surface area contributed by atoms with Crippen molar-refractivity contribution in [3.8, 4) is 0 Å². The quantitative estimate of drug-likeness (QED) is 0.758. The number of carbonyl (C=O) groups excluding carboxylic acids is 1. The summed E-state index contributed by atoms with van der Waals surface area (Å²) in [6.45, 7) is -0.0317. The first kappa shape index (κ1) is 9.85. The molecule has 6 heteroatoms. The second kappa shape index (κ2) is 3.47. The summed E-state index contributed by atoms with van der Waals surface area (Å²) in [6.07, 6.45) is 0. The maximum absolute atomic E-state index is 11.9. The number of rotatable bonds is 1. The lowest BCUT2D eigenvalue weighted by atomic mass is 10.4. The molecule has 0 spiro atoms. The summed E-state index contributed by atoms with van der Waals surface area (Å²) >= 11 is 0. The standard InChI is InChI=1S/C9H8N2O3S/c12-9-10-6-8(11-9)15(13,14)7-4-2-1-3-5-7/h1-5H,6H2,(H,10,12). The number of hydrogen-bond acceptors (Lipinski definition) is 3. The molecular weight excluding hydrogens is 216 g/mol. The molecule has 2 rings (SSSR count). The number of aliphatic imine (C=N–C) groups is 1. The van der Waals surface area contributed by atoms with Crippen molar-refractivity contribution in [1.82, 2.24) is 5.32 Å². The maximum Gasteiger partial charge on any atom is 0.342 e. The van der Waals surface area contributed by atoms with Gasteiger partial charge in [-0.15, -0.1) is 0 Å². The van der Waals surface area contributed by atoms with Crippen LogP contribution >= 0.6 is 0 Å². The molecule has 1 aromatic carbocycles. The van der Waals surface area contributed by atoms with Gasteiger partial charge in [0.25, 0.3) is 0 Å². The lowest BCUT2D eigenvalue weighted by Gasteiger charge is -2.01. The zero-order chi connectivity index (χ0) is 10.9. The summed E-state index contributed by atoms with van der Waals surface area (Å²) in [5.74, 6) is 0. The molecule has 0 unspecified atom stereocenters. The molecule has 0 aromatic heterocycles. The number of amides is 2. The van der Waals surface area contributed by atoms with E-state index in [1.165, 1.54) is 12.1 Å². The number of carbonyl (C=O) groups is 1. The zero-order valence-corrected chi connectivity index (χ0v) is 8.49. The molecule has 0 radical (unpaired) electrons. The number of nitrogens with zero attached hydrogens (tertiary/aromatic N) is 1. The Balaban J connectivity index is 2.45. The van der Waals surface area contributed by atoms with Crippen molar-refractivity contribution < 1.29 is 13.2 Å². The molecule has 1 aliphatic heterocycles. The van der Waals surface area contributed by atoms with Crippen LogP contribution in [0.1, 0.15) is 0 Å². The summed E-state index contributed by atoms with van der Waals surface area (Å²) in [5, 5.41) is 2.20. The first-order valence-corrected chi connectivity index (χ1v) is 5.74. The highest BCUT2D eigenvalue weighted by Gasteiger charge is 2.27. The van der Waals surface area contributed by atoms with Crippen molar-refractivity contribution in [3.63, 3.8) is 0 Å². The lowest BCUT2D eigenvalue weighted by Crippen LogP contribution is -2.22. The van der Waals surface area contributed by atoms with Gasteiger partial charge in [0.2, 0.25) is 9.84 Å². The number of sulfone groups is 1. The normalized spacial score (nSPS) is 16.0. The van der Waals surface area contributed by atoms with Gasteiger partial charge in [-0.2, -0.15) is 4.99 Å². The minimum Gasteiger partial charge on any atom is -0.330 e. The van der Waals surface area contributed by atoms with E-state index in [2.05, 4.69) is 10.3 Å². The van der Waals surface area contributed by atoms with E-state index in [4.69, 9.17) is 0 Å². The average molecular weight is 224 g/mol. The highest BCUT2D eigenvalue weighted by molar-refractivity contribution is 8.06. The van der Waals surface area contributed by atoms with Gasteiger partial charge in [0.1, 0.15) is 0 Å². The van der Waals surface area contributed by atoms with E-state index in [0.717, 1.165) is 0 Å². The molecule has 5 nitrogen and oxygen atoms in total. The smallest absolute Gasteiger partial charge is 0.330 e. The molecule has 2 amide bonds. The molecule has 1 heterocycles. The predicted molar refractivity (Wildman–Crippen MR) is 54.5 cm³/mol. The largest absolute Gasteiger partial charge is 0.342 e. The Kier molecular flexibility index (Phi) is 2.28. The second-order valence-electron chi connectivity index (χ2n) is 2.98. The molecule has 1 aromatic rings. The Morgan fingerprint density at radius 2 is 1.87 bits per heavy atom. The summed E-state index contributed by atoms with van der Waals surface area (Å²) in [5.41, 5.74) is 0. The van der Waals surface area contributed by atoms with Crippen molar-refractivity contribution in [2.75, 3.05) is 6.54 Å². The van der Waals surface area contributed by atoms with Gasteiger partial charge >= 0.3 is 6.03 Å². The van der Waals surface area contributed by atoms with E-state index < -0.39 is 15.9 Å². The molecule has 0 aliphatic carbocycles. The first-order valence-electron chi connectivity index (χ1n) is 4.26. The molecular formula is C9H8N2O3S. The maximum atomic E-state index is 11.9. The predicted octanol–water partition coefficient (Wildman–Crippen LogP) is 0.582. The molecule has 1 aliphatic rings. The van der Waals surface area contributed by atoms with Crippen molar-refractivity contribution >= 4 is 20.9 Å². The molecule has 0 atom stereocenters. The van der Waals surface area contributed by atoms with Crippen molar-refractivity contribution in [1.29, 1.82) is 0 Å². The fraction of sp³-hybridized carbons (Fsp3) is 0.111. The molecule has 1 N–H and O–H groups in total. The summed E-state index contributed by atoms with van der Waals surface area (Å²) in [4.78, 5) is 14.3. The van der Waals surface area contributed by atoms with Crippen LogP contribution in [0.2, 0.25) is 0 Å². The fourth-order valence-corrected chi connectivity index (χ4v) is 2.49. The Morgan fingerprint density at radius 1 is 1.20 bits per heavy atom. The third-order valence-corrected chi connectivity index (χ3v) is 3.73. The molecule has 0 saturated heterocycles. The zero-order valence-electron chi connectivity index (χ0n) is 7.67. The van der Waals surface area contributed by atoms with E-state index >= 15 is 0 Å². The average Bonchev–Trinajstić information content (AvgIpc) is 2.67. The summed E-state index contributed by atoms with van der Waals surface area (Å²) in [6, 6.07) is 7.31. The van der Waals surface area contributed by atoms with Crippen molar-refractivity contribution in [2.45, 2.75) is 4.90 Å². The van der Waals surface area contributed by atoms with Crippen LogP contribution in [0.5, 0.6) is 0 Å². The highest BCUT2D eigenvalue weighted by atomic mass is 32.2. The monoisotopic (exact) mass is 224 g/mol. The minimum atomic E-state index is -3.60. The number of urea groups is 1. The van der Waals surface area contributed by atoms with Crippen LogP contribution in [0, 0.1) is 0 Å². The molecule has 0 fully saturated rings. The minimum absolute atomic E-state index is 0.0317. The van der Waals surface area contributed by atoms with Gasteiger partial charge in [0.05, 0.1) is 11.4 Å². The van der Waals surface area contributed by atoms with Gasteiger partial charge in [-0.25, -0.2) is 13.2 Å². The topological polar surface area (TPSA) is 75.6 Å². The van der Waals surface area contributed by atoms with Gasteiger partial charge < -0.3 is 5.32 Å². The van der Waals surface area contributed by atoms with Crippen molar-refractivity contribution in [3.05, 3.63) is 30.3 Å². The summed E-state index contributed by atoms with van der Waals surface area (Å²) in [7, 11) is -3.60. The van der Waals surface area contributed by atoms with E-state index in [1.54, 1.807) is 18.2 Å². The van der Waals surface area contributed by atoms with Crippen LogP contribution in [-0.2, 0) is 9.84 Å². The van der Waals surface area contributed by atoms with Crippen LogP contribution in [0.25, 0.3) is 0 Å².